The number of aromatic nitrogens is 4. The van der Waals surface area contributed by atoms with Crippen molar-refractivity contribution in [2.45, 2.75) is 38.0 Å². The van der Waals surface area contributed by atoms with E-state index in [2.05, 4.69) is 31.4 Å². The van der Waals surface area contributed by atoms with Gasteiger partial charge < -0.3 is 5.32 Å². The Balaban J connectivity index is 1.48. The largest absolute Gasteiger partial charge is 0.435 e. The van der Waals surface area contributed by atoms with Gasteiger partial charge in [0.2, 0.25) is 5.91 Å². The first-order valence-corrected chi connectivity index (χ1v) is 10.4. The van der Waals surface area contributed by atoms with Gasteiger partial charge >= 0.3 is 6.18 Å². The number of anilines is 1. The zero-order valence-corrected chi connectivity index (χ0v) is 18.1. The molecule has 1 amide bonds. The van der Waals surface area contributed by atoms with Gasteiger partial charge in [-0.15, -0.1) is 0 Å². The Kier molecular flexibility index (Phi) is 5.82. The molecule has 1 saturated carbocycles. The van der Waals surface area contributed by atoms with E-state index in [1.54, 1.807) is 6.07 Å². The first-order valence-electron chi connectivity index (χ1n) is 9.22. The maximum absolute atomic E-state index is 14.0. The molecule has 0 spiro atoms. The molecule has 0 unspecified atom stereocenters. The summed E-state index contributed by atoms with van der Waals surface area (Å²) in [6, 6.07) is 5.31. The SMILES string of the molecule is O=C(Cn1nc(C(F)(F)F)cc1C1CC1)Nc1nn(Cc2c(F)cccc2Cl)cc1Br. The summed E-state index contributed by atoms with van der Waals surface area (Å²) in [6.07, 6.45) is -1.52. The highest BCUT2D eigenvalue weighted by molar-refractivity contribution is 9.10. The fourth-order valence-electron chi connectivity index (χ4n) is 3.12. The number of amides is 1. The Bertz CT molecular complexity index is 1120. The zero-order valence-electron chi connectivity index (χ0n) is 15.8. The van der Waals surface area contributed by atoms with Crippen molar-refractivity contribution in [1.82, 2.24) is 19.6 Å². The summed E-state index contributed by atoms with van der Waals surface area (Å²) < 4.78 is 55.9. The van der Waals surface area contributed by atoms with Crippen LogP contribution in [0.15, 0.2) is 34.9 Å². The molecule has 6 nitrogen and oxygen atoms in total. The molecule has 0 atom stereocenters. The van der Waals surface area contributed by atoms with Crippen LogP contribution in [0.4, 0.5) is 23.4 Å². The lowest BCUT2D eigenvalue weighted by molar-refractivity contribution is -0.141. The topological polar surface area (TPSA) is 64.7 Å². The standard InChI is InChI=1S/C19H15BrClF4N5O/c20-12-8-29(7-11-13(21)2-1-3-14(11)22)28-18(12)26-17(31)9-30-15(10-4-5-10)6-16(27-30)19(23,24)25/h1-3,6,8,10H,4-5,7,9H2,(H,26,28,31). The Hall–Kier alpha value is -2.40. The van der Waals surface area contributed by atoms with E-state index in [9.17, 15) is 22.4 Å². The lowest BCUT2D eigenvalue weighted by Gasteiger charge is -2.07. The second kappa shape index (κ2) is 8.27. The van der Waals surface area contributed by atoms with Gasteiger partial charge in [0.25, 0.3) is 0 Å². The third kappa shape index (κ3) is 4.93. The van der Waals surface area contributed by atoms with Gasteiger partial charge in [-0.1, -0.05) is 17.7 Å². The van der Waals surface area contributed by atoms with Gasteiger partial charge in [0, 0.05) is 28.4 Å². The van der Waals surface area contributed by atoms with Crippen molar-refractivity contribution in [2.75, 3.05) is 5.32 Å². The summed E-state index contributed by atoms with van der Waals surface area (Å²) >= 11 is 9.29. The summed E-state index contributed by atoms with van der Waals surface area (Å²) in [5.41, 5.74) is -0.391. The molecule has 2 heterocycles. The summed E-state index contributed by atoms with van der Waals surface area (Å²) in [4.78, 5) is 12.5. The van der Waals surface area contributed by atoms with Crippen LogP contribution >= 0.6 is 27.5 Å². The third-order valence-electron chi connectivity index (χ3n) is 4.75. The molecule has 1 aromatic carbocycles. The number of rotatable bonds is 6. The Labute approximate surface area is 187 Å². The number of hydrogen-bond donors (Lipinski definition) is 1. The van der Waals surface area contributed by atoms with Crippen molar-refractivity contribution in [2.24, 2.45) is 0 Å². The number of carbonyl (C=O) groups is 1. The molecule has 1 aliphatic rings. The molecule has 0 bridgehead atoms. The lowest BCUT2D eigenvalue weighted by Crippen LogP contribution is -2.22. The van der Waals surface area contributed by atoms with E-state index >= 15 is 0 Å². The van der Waals surface area contributed by atoms with E-state index in [0.29, 0.717) is 10.2 Å². The normalized spacial score (nSPS) is 14.1. The molecule has 31 heavy (non-hydrogen) atoms. The predicted octanol–water partition coefficient (Wildman–Crippen LogP) is 5.22. The van der Waals surface area contributed by atoms with E-state index in [1.807, 2.05) is 0 Å². The fraction of sp³-hybridized carbons (Fsp3) is 0.316. The molecule has 1 N–H and O–H groups in total. The minimum absolute atomic E-state index is 0.0205. The lowest BCUT2D eigenvalue weighted by atomic mass is 10.2. The molecule has 4 rings (SSSR count). The van der Waals surface area contributed by atoms with Crippen molar-refractivity contribution in [1.29, 1.82) is 0 Å². The molecular weight excluding hydrogens is 506 g/mol. The van der Waals surface area contributed by atoms with Crippen LogP contribution in [0.2, 0.25) is 5.02 Å². The van der Waals surface area contributed by atoms with Gasteiger partial charge in [-0.2, -0.15) is 23.4 Å². The molecule has 1 fully saturated rings. The Morgan fingerprint density at radius 1 is 1.29 bits per heavy atom. The van der Waals surface area contributed by atoms with Crippen LogP contribution in [0.5, 0.6) is 0 Å². The van der Waals surface area contributed by atoms with Gasteiger partial charge in [0.05, 0.1) is 11.0 Å². The van der Waals surface area contributed by atoms with E-state index in [-0.39, 0.29) is 35.4 Å². The van der Waals surface area contributed by atoms with E-state index in [1.165, 1.54) is 23.0 Å². The summed E-state index contributed by atoms with van der Waals surface area (Å²) in [7, 11) is 0. The van der Waals surface area contributed by atoms with Gasteiger partial charge in [-0.05, 0) is 47.0 Å². The molecule has 0 radical (unpaired) electrons. The number of hydrogen-bond acceptors (Lipinski definition) is 3. The molecule has 2 aromatic heterocycles. The Morgan fingerprint density at radius 2 is 2.03 bits per heavy atom. The van der Waals surface area contributed by atoms with E-state index in [0.717, 1.165) is 23.6 Å². The average molecular weight is 521 g/mol. The smallest absolute Gasteiger partial charge is 0.307 e. The fourth-order valence-corrected chi connectivity index (χ4v) is 3.76. The molecule has 1 aliphatic carbocycles. The number of alkyl halides is 3. The van der Waals surface area contributed by atoms with Crippen molar-refractivity contribution in [3.63, 3.8) is 0 Å². The third-order valence-corrected chi connectivity index (χ3v) is 5.68. The Morgan fingerprint density at radius 3 is 2.68 bits per heavy atom. The van der Waals surface area contributed by atoms with Crippen LogP contribution in [-0.4, -0.2) is 25.5 Å². The van der Waals surface area contributed by atoms with Crippen LogP contribution in [0.1, 0.15) is 35.7 Å². The first-order chi connectivity index (χ1) is 14.6. The van der Waals surface area contributed by atoms with Crippen LogP contribution in [0.25, 0.3) is 0 Å². The van der Waals surface area contributed by atoms with Gasteiger partial charge in [-0.3, -0.25) is 14.2 Å². The van der Waals surface area contributed by atoms with E-state index in [4.69, 9.17) is 11.6 Å². The predicted molar refractivity (Wildman–Crippen MR) is 108 cm³/mol. The number of carbonyl (C=O) groups excluding carboxylic acids is 1. The highest BCUT2D eigenvalue weighted by Gasteiger charge is 2.38. The summed E-state index contributed by atoms with van der Waals surface area (Å²) in [5, 5.41) is 10.5. The van der Waals surface area contributed by atoms with Crippen molar-refractivity contribution >= 4 is 39.3 Å². The monoisotopic (exact) mass is 519 g/mol. The van der Waals surface area contributed by atoms with Gasteiger partial charge in [0.15, 0.2) is 11.5 Å². The van der Waals surface area contributed by atoms with Gasteiger partial charge in [-0.25, -0.2) is 4.39 Å². The first kappa shape index (κ1) is 21.8. The summed E-state index contributed by atoms with van der Waals surface area (Å²) in [6.45, 7) is -0.361. The quantitative estimate of drug-likeness (QED) is 0.454. The summed E-state index contributed by atoms with van der Waals surface area (Å²) in [5.74, 6) is -0.952. The molecule has 12 heteroatoms. The minimum atomic E-state index is -4.58. The highest BCUT2D eigenvalue weighted by Crippen LogP contribution is 2.42. The average Bonchev–Trinajstić information content (AvgIpc) is 3.34. The second-order valence-corrected chi connectivity index (χ2v) is 8.42. The molecule has 164 valence electrons. The molecule has 0 saturated heterocycles. The van der Waals surface area contributed by atoms with Crippen LogP contribution in [0, 0.1) is 5.82 Å². The molecule has 3 aromatic rings. The van der Waals surface area contributed by atoms with Gasteiger partial charge in [0.1, 0.15) is 12.4 Å². The van der Waals surface area contributed by atoms with Crippen LogP contribution in [-0.2, 0) is 24.1 Å². The van der Waals surface area contributed by atoms with Crippen molar-refractivity contribution in [3.8, 4) is 0 Å². The number of nitrogens with one attached hydrogen (secondary N) is 1. The molecule has 0 aliphatic heterocycles. The van der Waals surface area contributed by atoms with Crippen molar-refractivity contribution in [3.05, 3.63) is 62.7 Å². The van der Waals surface area contributed by atoms with Crippen LogP contribution in [0.3, 0.4) is 0 Å². The zero-order chi connectivity index (χ0) is 22.3. The highest BCUT2D eigenvalue weighted by atomic mass is 79.9. The van der Waals surface area contributed by atoms with E-state index < -0.39 is 23.6 Å². The second-order valence-electron chi connectivity index (χ2n) is 7.16. The number of nitrogens with zero attached hydrogens (tertiary/aromatic N) is 4. The maximum Gasteiger partial charge on any atom is 0.435 e. The number of halogens is 6. The molecular formula is C19H15BrClF4N5O. The number of benzene rings is 1. The van der Waals surface area contributed by atoms with Crippen molar-refractivity contribution < 1.29 is 22.4 Å². The minimum Gasteiger partial charge on any atom is -0.307 e. The van der Waals surface area contributed by atoms with Crippen LogP contribution < -0.4 is 5.32 Å². The maximum atomic E-state index is 14.0.